The maximum Gasteiger partial charge on any atom is 0.241 e. The Balaban J connectivity index is 0.00000243. The molecule has 7 heteroatoms. The molecule has 1 aromatic rings. The molecule has 2 heterocycles. The third kappa shape index (κ3) is 6.27. The molecule has 1 unspecified atom stereocenters. The van der Waals surface area contributed by atoms with Crippen molar-refractivity contribution in [2.24, 2.45) is 0 Å². The lowest BCUT2D eigenvalue weighted by Gasteiger charge is -2.19. The average Bonchev–Trinajstić information content (AvgIpc) is 3.01. The molecule has 3 N–H and O–H groups in total. The van der Waals surface area contributed by atoms with E-state index in [0.29, 0.717) is 12.2 Å². The van der Waals surface area contributed by atoms with Gasteiger partial charge in [0.15, 0.2) is 0 Å². The van der Waals surface area contributed by atoms with Gasteiger partial charge in [0.05, 0.1) is 12.6 Å². The number of benzene rings is 1. The van der Waals surface area contributed by atoms with Gasteiger partial charge < -0.3 is 16.0 Å². The Morgan fingerprint density at radius 3 is 2.38 bits per heavy atom. The number of rotatable bonds is 5. The summed E-state index contributed by atoms with van der Waals surface area (Å²) in [4.78, 5) is 26.7. The van der Waals surface area contributed by atoms with Crippen molar-refractivity contribution in [1.29, 1.82) is 0 Å². The Morgan fingerprint density at radius 1 is 1.04 bits per heavy atom. The zero-order valence-electron chi connectivity index (χ0n) is 15.1. The molecule has 0 saturated carbocycles. The van der Waals surface area contributed by atoms with Crippen LogP contribution in [0.1, 0.15) is 38.5 Å². The van der Waals surface area contributed by atoms with Gasteiger partial charge in [0.2, 0.25) is 11.8 Å². The molecule has 2 fully saturated rings. The van der Waals surface area contributed by atoms with E-state index in [2.05, 4.69) is 20.9 Å². The second-order valence-corrected chi connectivity index (χ2v) is 6.96. The summed E-state index contributed by atoms with van der Waals surface area (Å²) in [5, 5.41) is 9.06. The fourth-order valence-electron chi connectivity index (χ4n) is 3.51. The number of anilines is 2. The monoisotopic (exact) mass is 380 g/mol. The van der Waals surface area contributed by atoms with E-state index in [-0.39, 0.29) is 30.3 Å². The van der Waals surface area contributed by atoms with E-state index in [1.54, 1.807) is 0 Å². The lowest BCUT2D eigenvalue weighted by Crippen LogP contribution is -2.35. The van der Waals surface area contributed by atoms with Crippen molar-refractivity contribution in [3.8, 4) is 0 Å². The molecule has 0 spiro atoms. The molecule has 2 aliphatic heterocycles. The molecule has 26 heavy (non-hydrogen) atoms. The zero-order valence-corrected chi connectivity index (χ0v) is 15.9. The number of hydrogen-bond donors (Lipinski definition) is 3. The SMILES string of the molecule is Cl.O=C(CN1CCCCCC1)Nc1cccc(NC(=O)C2CCCN2)c1. The van der Waals surface area contributed by atoms with Gasteiger partial charge in [-0.1, -0.05) is 18.9 Å². The van der Waals surface area contributed by atoms with Crippen molar-refractivity contribution >= 4 is 35.6 Å². The van der Waals surface area contributed by atoms with Crippen LogP contribution in [0.15, 0.2) is 24.3 Å². The van der Waals surface area contributed by atoms with Gasteiger partial charge in [-0.05, 0) is 63.5 Å². The first-order valence-electron chi connectivity index (χ1n) is 9.37. The maximum absolute atomic E-state index is 12.3. The number of likely N-dealkylation sites (tertiary alicyclic amines) is 1. The summed E-state index contributed by atoms with van der Waals surface area (Å²) in [5.74, 6) is -0.00613. The molecule has 0 bridgehead atoms. The smallest absolute Gasteiger partial charge is 0.241 e. The molecule has 144 valence electrons. The van der Waals surface area contributed by atoms with E-state index >= 15 is 0 Å². The normalized spacial score (nSPS) is 20.7. The summed E-state index contributed by atoms with van der Waals surface area (Å²) in [6, 6.07) is 7.24. The van der Waals surface area contributed by atoms with Gasteiger partial charge in [-0.2, -0.15) is 0 Å². The molecule has 1 atom stereocenters. The number of nitrogens with one attached hydrogen (secondary N) is 3. The van der Waals surface area contributed by atoms with E-state index in [1.165, 1.54) is 25.7 Å². The van der Waals surface area contributed by atoms with E-state index in [0.717, 1.165) is 38.2 Å². The largest absolute Gasteiger partial charge is 0.325 e. The first-order valence-corrected chi connectivity index (χ1v) is 9.37. The van der Waals surface area contributed by atoms with E-state index in [1.807, 2.05) is 24.3 Å². The molecule has 6 nitrogen and oxygen atoms in total. The van der Waals surface area contributed by atoms with Gasteiger partial charge >= 0.3 is 0 Å². The van der Waals surface area contributed by atoms with Crippen molar-refractivity contribution in [2.75, 3.05) is 36.8 Å². The Kier molecular flexibility index (Phi) is 8.35. The number of hydrogen-bond acceptors (Lipinski definition) is 4. The lowest BCUT2D eigenvalue weighted by molar-refractivity contribution is -0.118. The van der Waals surface area contributed by atoms with Crippen molar-refractivity contribution < 1.29 is 9.59 Å². The van der Waals surface area contributed by atoms with Gasteiger partial charge in [-0.3, -0.25) is 14.5 Å². The summed E-state index contributed by atoms with van der Waals surface area (Å²) < 4.78 is 0. The second-order valence-electron chi connectivity index (χ2n) is 6.96. The predicted octanol–water partition coefficient (Wildman–Crippen LogP) is 2.61. The first kappa shape index (κ1) is 20.7. The maximum atomic E-state index is 12.3. The van der Waals surface area contributed by atoms with Gasteiger partial charge in [-0.25, -0.2) is 0 Å². The molecule has 3 rings (SSSR count). The van der Waals surface area contributed by atoms with Crippen LogP contribution in [0.25, 0.3) is 0 Å². The molecular formula is C19H29ClN4O2. The van der Waals surface area contributed by atoms with Crippen LogP contribution >= 0.6 is 12.4 Å². The van der Waals surface area contributed by atoms with Gasteiger partial charge in [0, 0.05) is 11.4 Å². The number of amides is 2. The summed E-state index contributed by atoms with van der Waals surface area (Å²) in [6.07, 6.45) is 6.77. The zero-order chi connectivity index (χ0) is 17.5. The Bertz CT molecular complexity index is 597. The minimum absolute atomic E-state index is 0. The highest BCUT2D eigenvalue weighted by molar-refractivity contribution is 5.97. The lowest BCUT2D eigenvalue weighted by atomic mass is 10.2. The fourth-order valence-corrected chi connectivity index (χ4v) is 3.51. The van der Waals surface area contributed by atoms with Crippen molar-refractivity contribution in [3.63, 3.8) is 0 Å². The average molecular weight is 381 g/mol. The minimum atomic E-state index is -0.110. The van der Waals surface area contributed by atoms with Crippen LogP contribution in [-0.2, 0) is 9.59 Å². The number of nitrogens with zero attached hydrogens (tertiary/aromatic N) is 1. The van der Waals surface area contributed by atoms with Crippen LogP contribution in [0.3, 0.4) is 0 Å². The van der Waals surface area contributed by atoms with Crippen LogP contribution in [0.4, 0.5) is 11.4 Å². The van der Waals surface area contributed by atoms with Crippen LogP contribution in [0.2, 0.25) is 0 Å². The molecule has 2 saturated heterocycles. The highest BCUT2D eigenvalue weighted by Gasteiger charge is 2.22. The number of carbonyl (C=O) groups excluding carboxylic acids is 2. The molecule has 0 aliphatic carbocycles. The first-order chi connectivity index (χ1) is 12.2. The van der Waals surface area contributed by atoms with Crippen LogP contribution < -0.4 is 16.0 Å². The Hall–Kier alpha value is -1.63. The van der Waals surface area contributed by atoms with Gasteiger partial charge in [0.25, 0.3) is 0 Å². The number of carbonyl (C=O) groups is 2. The molecule has 1 aromatic carbocycles. The molecule has 0 aromatic heterocycles. The molecule has 2 amide bonds. The van der Waals surface area contributed by atoms with Gasteiger partial charge in [0.1, 0.15) is 0 Å². The van der Waals surface area contributed by atoms with E-state index < -0.39 is 0 Å². The summed E-state index contributed by atoms with van der Waals surface area (Å²) in [5.41, 5.74) is 1.43. The highest BCUT2D eigenvalue weighted by atomic mass is 35.5. The van der Waals surface area contributed by atoms with Crippen LogP contribution in [0, 0.1) is 0 Å². The summed E-state index contributed by atoms with van der Waals surface area (Å²) in [6.45, 7) is 3.32. The van der Waals surface area contributed by atoms with Crippen LogP contribution in [-0.4, -0.2) is 48.9 Å². The topological polar surface area (TPSA) is 73.5 Å². The van der Waals surface area contributed by atoms with Crippen molar-refractivity contribution in [2.45, 2.75) is 44.6 Å². The fraction of sp³-hybridized carbons (Fsp3) is 0.579. The molecule has 2 aliphatic rings. The van der Waals surface area contributed by atoms with Crippen LogP contribution in [0.5, 0.6) is 0 Å². The van der Waals surface area contributed by atoms with E-state index in [9.17, 15) is 9.59 Å². The van der Waals surface area contributed by atoms with Crippen molar-refractivity contribution in [3.05, 3.63) is 24.3 Å². The standard InChI is InChI=1S/C19H28N4O2.ClH/c24-18(14-23-11-3-1-2-4-12-23)21-15-7-5-8-16(13-15)22-19(25)17-9-6-10-20-17;/h5,7-8,13,17,20H,1-4,6,9-12,14H2,(H,21,24)(H,22,25);1H. The highest BCUT2D eigenvalue weighted by Crippen LogP contribution is 2.17. The third-order valence-electron chi connectivity index (χ3n) is 4.86. The summed E-state index contributed by atoms with van der Waals surface area (Å²) in [7, 11) is 0. The minimum Gasteiger partial charge on any atom is -0.325 e. The second kappa shape index (κ2) is 10.5. The van der Waals surface area contributed by atoms with Gasteiger partial charge in [-0.15, -0.1) is 12.4 Å². The Morgan fingerprint density at radius 2 is 1.73 bits per heavy atom. The Labute approximate surface area is 161 Å². The van der Waals surface area contributed by atoms with E-state index in [4.69, 9.17) is 0 Å². The predicted molar refractivity (Wildman–Crippen MR) is 107 cm³/mol. The summed E-state index contributed by atoms with van der Waals surface area (Å²) >= 11 is 0. The van der Waals surface area contributed by atoms with Crippen molar-refractivity contribution in [1.82, 2.24) is 10.2 Å². The molecule has 0 radical (unpaired) electrons. The third-order valence-corrected chi connectivity index (χ3v) is 4.86. The molecular weight excluding hydrogens is 352 g/mol. The number of halogens is 1. The quantitative estimate of drug-likeness (QED) is 0.734.